The van der Waals surface area contributed by atoms with E-state index in [-0.39, 0.29) is 6.03 Å². The predicted octanol–water partition coefficient (Wildman–Crippen LogP) is 1.03. The van der Waals surface area contributed by atoms with Crippen LogP contribution in [0.3, 0.4) is 0 Å². The van der Waals surface area contributed by atoms with Crippen LogP contribution in [0, 0.1) is 5.92 Å². The third-order valence-corrected chi connectivity index (χ3v) is 2.33. The van der Waals surface area contributed by atoms with Crippen molar-refractivity contribution in [2.24, 2.45) is 5.92 Å². The summed E-state index contributed by atoms with van der Waals surface area (Å²) in [5.41, 5.74) is 0. The number of ether oxygens (including phenoxy) is 1. The Morgan fingerprint density at radius 3 is 2.50 bits per heavy atom. The molecule has 0 unspecified atom stereocenters. The minimum Gasteiger partial charge on any atom is -0.379 e. The summed E-state index contributed by atoms with van der Waals surface area (Å²) in [4.78, 5) is 14.6. The van der Waals surface area contributed by atoms with Gasteiger partial charge in [0.25, 0.3) is 0 Å². The molecule has 0 aromatic heterocycles. The highest BCUT2D eigenvalue weighted by molar-refractivity contribution is 5.73. The van der Waals surface area contributed by atoms with Gasteiger partial charge in [0.1, 0.15) is 0 Å². The van der Waals surface area contributed by atoms with Crippen molar-refractivity contribution >= 4 is 6.03 Å². The lowest BCUT2D eigenvalue weighted by Crippen LogP contribution is -2.38. The molecule has 0 atom stereocenters. The summed E-state index contributed by atoms with van der Waals surface area (Å²) in [5.74, 6) is 0.796. The van der Waals surface area contributed by atoms with Crippen LogP contribution < -0.4 is 0 Å². The van der Waals surface area contributed by atoms with Gasteiger partial charge in [0.05, 0.1) is 6.61 Å². The molecular formula is C10H20N2O2. The molecule has 1 saturated carbocycles. The van der Waals surface area contributed by atoms with Crippen LogP contribution in [0.4, 0.5) is 4.79 Å². The molecule has 0 saturated heterocycles. The Morgan fingerprint density at radius 1 is 1.36 bits per heavy atom. The summed E-state index contributed by atoms with van der Waals surface area (Å²) >= 11 is 0. The number of hydrogen-bond donors (Lipinski definition) is 0. The molecule has 14 heavy (non-hydrogen) atoms. The minimum atomic E-state index is 0.0278. The molecule has 4 heteroatoms. The maximum Gasteiger partial charge on any atom is 0.319 e. The molecule has 0 radical (unpaired) electrons. The van der Waals surface area contributed by atoms with Crippen LogP contribution in [0.1, 0.15) is 12.8 Å². The first-order valence-electron chi connectivity index (χ1n) is 5.11. The fourth-order valence-corrected chi connectivity index (χ4v) is 1.17. The van der Waals surface area contributed by atoms with Gasteiger partial charge in [-0.3, -0.25) is 0 Å². The molecule has 4 nitrogen and oxygen atoms in total. The Hall–Kier alpha value is -0.770. The zero-order valence-electron chi connectivity index (χ0n) is 9.32. The number of carbonyl (C=O) groups excluding carboxylic acids is 1. The molecule has 0 aliphatic heterocycles. The third-order valence-electron chi connectivity index (χ3n) is 2.33. The van der Waals surface area contributed by atoms with Gasteiger partial charge >= 0.3 is 6.03 Å². The van der Waals surface area contributed by atoms with Gasteiger partial charge < -0.3 is 14.5 Å². The number of rotatable bonds is 5. The average Bonchev–Trinajstić information content (AvgIpc) is 2.94. The maximum atomic E-state index is 11.4. The summed E-state index contributed by atoms with van der Waals surface area (Å²) in [7, 11) is 5.30. The second-order valence-corrected chi connectivity index (χ2v) is 4.12. The van der Waals surface area contributed by atoms with Crippen LogP contribution in [0.15, 0.2) is 0 Å². The SMILES string of the molecule is CN(C)C(=O)N(C)CCOCC1CC1. The van der Waals surface area contributed by atoms with Gasteiger partial charge in [0.2, 0.25) is 0 Å². The van der Waals surface area contributed by atoms with E-state index >= 15 is 0 Å². The molecule has 82 valence electrons. The standard InChI is InChI=1S/C10H20N2O2/c1-11(2)10(13)12(3)6-7-14-8-9-4-5-9/h9H,4-8H2,1-3H3. The van der Waals surface area contributed by atoms with Crippen molar-refractivity contribution in [3.8, 4) is 0 Å². The molecule has 0 aromatic carbocycles. The van der Waals surface area contributed by atoms with E-state index in [9.17, 15) is 4.79 Å². The summed E-state index contributed by atoms with van der Waals surface area (Å²) in [5, 5.41) is 0. The highest BCUT2D eigenvalue weighted by Gasteiger charge is 2.21. The second kappa shape index (κ2) is 5.20. The van der Waals surface area contributed by atoms with Crippen molar-refractivity contribution in [3.05, 3.63) is 0 Å². The Kier molecular flexibility index (Phi) is 4.20. The van der Waals surface area contributed by atoms with E-state index in [4.69, 9.17) is 4.74 Å². The van der Waals surface area contributed by atoms with Crippen LogP contribution in [-0.2, 0) is 4.74 Å². The van der Waals surface area contributed by atoms with Crippen molar-refractivity contribution in [1.82, 2.24) is 9.80 Å². The first-order valence-corrected chi connectivity index (χ1v) is 5.11. The number of hydrogen-bond acceptors (Lipinski definition) is 2. The summed E-state index contributed by atoms with van der Waals surface area (Å²) in [6.45, 7) is 2.18. The van der Waals surface area contributed by atoms with E-state index in [1.165, 1.54) is 12.8 Å². The van der Waals surface area contributed by atoms with Crippen LogP contribution in [0.5, 0.6) is 0 Å². The minimum absolute atomic E-state index is 0.0278. The van der Waals surface area contributed by atoms with E-state index in [1.54, 1.807) is 30.9 Å². The van der Waals surface area contributed by atoms with Gasteiger partial charge in [0.15, 0.2) is 0 Å². The quantitative estimate of drug-likeness (QED) is 0.621. The molecule has 1 fully saturated rings. The number of likely N-dealkylation sites (N-methyl/N-ethyl adjacent to an activating group) is 1. The lowest BCUT2D eigenvalue weighted by atomic mass is 10.5. The van der Waals surface area contributed by atoms with Crippen molar-refractivity contribution < 1.29 is 9.53 Å². The molecule has 1 aliphatic carbocycles. The average molecular weight is 200 g/mol. The van der Waals surface area contributed by atoms with Gasteiger partial charge in [-0.05, 0) is 18.8 Å². The van der Waals surface area contributed by atoms with Gasteiger partial charge in [-0.15, -0.1) is 0 Å². The van der Waals surface area contributed by atoms with Crippen molar-refractivity contribution in [2.75, 3.05) is 40.9 Å². The highest BCUT2D eigenvalue weighted by Crippen LogP contribution is 2.28. The topological polar surface area (TPSA) is 32.8 Å². The number of carbonyl (C=O) groups is 1. The normalized spacial score (nSPS) is 15.4. The van der Waals surface area contributed by atoms with Gasteiger partial charge in [-0.2, -0.15) is 0 Å². The Morgan fingerprint density at radius 2 is 2.00 bits per heavy atom. The van der Waals surface area contributed by atoms with Crippen LogP contribution in [0.25, 0.3) is 0 Å². The summed E-state index contributed by atoms with van der Waals surface area (Å²) in [6.07, 6.45) is 2.62. The van der Waals surface area contributed by atoms with Crippen molar-refractivity contribution in [3.63, 3.8) is 0 Å². The van der Waals surface area contributed by atoms with Gasteiger partial charge in [-0.1, -0.05) is 0 Å². The monoisotopic (exact) mass is 200 g/mol. The number of urea groups is 1. The molecule has 2 amide bonds. The Bertz CT molecular complexity index is 191. The van der Waals surface area contributed by atoms with E-state index in [1.807, 2.05) is 0 Å². The first kappa shape index (κ1) is 11.3. The third kappa shape index (κ3) is 3.96. The molecule has 0 heterocycles. The molecule has 1 aliphatic rings. The predicted molar refractivity (Wildman–Crippen MR) is 55.3 cm³/mol. The number of amides is 2. The smallest absolute Gasteiger partial charge is 0.319 e. The number of nitrogens with zero attached hydrogens (tertiary/aromatic N) is 2. The Balaban J connectivity index is 2.01. The summed E-state index contributed by atoms with van der Waals surface area (Å²) in [6, 6.07) is 0.0278. The van der Waals surface area contributed by atoms with Crippen molar-refractivity contribution in [2.45, 2.75) is 12.8 Å². The fraction of sp³-hybridized carbons (Fsp3) is 0.900. The van der Waals surface area contributed by atoms with Crippen LogP contribution >= 0.6 is 0 Å². The van der Waals surface area contributed by atoms with E-state index in [0.717, 1.165) is 12.5 Å². The van der Waals surface area contributed by atoms with Gasteiger partial charge in [0, 0.05) is 34.3 Å². The van der Waals surface area contributed by atoms with E-state index < -0.39 is 0 Å². The Labute approximate surface area is 85.8 Å². The van der Waals surface area contributed by atoms with Crippen LogP contribution in [0.2, 0.25) is 0 Å². The largest absolute Gasteiger partial charge is 0.379 e. The molecule has 0 spiro atoms. The van der Waals surface area contributed by atoms with E-state index in [2.05, 4.69) is 0 Å². The summed E-state index contributed by atoms with van der Waals surface area (Å²) < 4.78 is 5.45. The molecule has 1 rings (SSSR count). The molecule has 0 aromatic rings. The molecule has 0 N–H and O–H groups in total. The molecule has 0 bridgehead atoms. The van der Waals surface area contributed by atoms with Gasteiger partial charge in [-0.25, -0.2) is 4.79 Å². The fourth-order valence-electron chi connectivity index (χ4n) is 1.17. The molecular weight excluding hydrogens is 180 g/mol. The lowest BCUT2D eigenvalue weighted by Gasteiger charge is -2.21. The highest BCUT2D eigenvalue weighted by atomic mass is 16.5. The zero-order valence-corrected chi connectivity index (χ0v) is 9.32. The first-order chi connectivity index (χ1) is 6.61. The van der Waals surface area contributed by atoms with Crippen LogP contribution in [-0.4, -0.2) is 56.7 Å². The van der Waals surface area contributed by atoms with E-state index in [0.29, 0.717) is 13.2 Å². The maximum absolute atomic E-state index is 11.4. The second-order valence-electron chi connectivity index (χ2n) is 4.12. The lowest BCUT2D eigenvalue weighted by molar-refractivity contribution is 0.103. The van der Waals surface area contributed by atoms with Crippen molar-refractivity contribution in [1.29, 1.82) is 0 Å². The zero-order chi connectivity index (χ0) is 10.6.